The Hall–Kier alpha value is -3.61. The summed E-state index contributed by atoms with van der Waals surface area (Å²) in [6, 6.07) is 15.4. The molecule has 7 heteroatoms. The molecule has 1 saturated heterocycles. The minimum absolute atomic E-state index is 0.0154. The van der Waals surface area contributed by atoms with Crippen LogP contribution in [0, 0.1) is 0 Å². The molecule has 1 fully saturated rings. The van der Waals surface area contributed by atoms with Gasteiger partial charge in [-0.05, 0) is 35.1 Å². The van der Waals surface area contributed by atoms with Gasteiger partial charge in [0, 0.05) is 25.1 Å². The van der Waals surface area contributed by atoms with Crippen molar-refractivity contribution in [1.29, 1.82) is 0 Å². The number of amides is 2. The quantitative estimate of drug-likeness (QED) is 0.700. The van der Waals surface area contributed by atoms with E-state index in [1.165, 1.54) is 17.1 Å². The molecule has 2 aliphatic rings. The third kappa shape index (κ3) is 4.30. The van der Waals surface area contributed by atoms with E-state index in [1.54, 1.807) is 0 Å². The summed E-state index contributed by atoms with van der Waals surface area (Å²) in [6.07, 6.45) is 3.37. The van der Waals surface area contributed by atoms with Crippen molar-refractivity contribution in [1.82, 2.24) is 10.2 Å². The molecular weight excluding hydrogens is 396 g/mol. The summed E-state index contributed by atoms with van der Waals surface area (Å²) < 4.78 is 5.44. The molecule has 4 rings (SSSR count). The van der Waals surface area contributed by atoms with E-state index in [9.17, 15) is 14.4 Å². The molecule has 2 aromatic carbocycles. The highest BCUT2D eigenvalue weighted by atomic mass is 16.5. The lowest BCUT2D eigenvalue weighted by Gasteiger charge is -2.19. The van der Waals surface area contributed by atoms with E-state index in [1.807, 2.05) is 24.3 Å². The molecule has 0 radical (unpaired) electrons. The molecule has 160 valence electrons. The lowest BCUT2D eigenvalue weighted by Crippen LogP contribution is -2.39. The second-order valence-electron chi connectivity index (χ2n) is 7.64. The number of likely N-dealkylation sites (tertiary alicyclic amines) is 1. The number of carboxylic acids is 1. The Morgan fingerprint density at radius 2 is 1.71 bits per heavy atom. The van der Waals surface area contributed by atoms with Crippen molar-refractivity contribution < 1.29 is 24.2 Å². The van der Waals surface area contributed by atoms with E-state index in [-0.39, 0.29) is 25.0 Å². The van der Waals surface area contributed by atoms with Crippen LogP contribution in [0.4, 0.5) is 4.79 Å². The summed E-state index contributed by atoms with van der Waals surface area (Å²) in [6.45, 7) is 0.768. The zero-order valence-corrected chi connectivity index (χ0v) is 17.0. The van der Waals surface area contributed by atoms with Gasteiger partial charge in [0.25, 0.3) is 0 Å². The lowest BCUT2D eigenvalue weighted by molar-refractivity contribution is -0.146. The number of rotatable bonds is 6. The molecule has 2 N–H and O–H groups in total. The fraction of sp³-hybridized carbons (Fsp3) is 0.292. The first-order valence-corrected chi connectivity index (χ1v) is 10.3. The van der Waals surface area contributed by atoms with Crippen molar-refractivity contribution >= 4 is 18.0 Å². The molecule has 0 saturated carbocycles. The third-order valence-corrected chi connectivity index (χ3v) is 5.79. The van der Waals surface area contributed by atoms with Crippen LogP contribution in [0.1, 0.15) is 29.9 Å². The number of fused-ring (bicyclic) bond motifs is 3. The number of carbonyl (C=O) groups is 3. The van der Waals surface area contributed by atoms with E-state index in [2.05, 4.69) is 29.6 Å². The van der Waals surface area contributed by atoms with E-state index in [0.29, 0.717) is 19.4 Å². The number of hydrogen-bond acceptors (Lipinski definition) is 4. The van der Waals surface area contributed by atoms with Gasteiger partial charge < -0.3 is 20.1 Å². The molecule has 2 aromatic rings. The maximum Gasteiger partial charge on any atom is 0.407 e. The predicted molar refractivity (Wildman–Crippen MR) is 115 cm³/mol. The van der Waals surface area contributed by atoms with Crippen molar-refractivity contribution in [2.45, 2.75) is 24.8 Å². The fourth-order valence-electron chi connectivity index (χ4n) is 4.33. The number of nitrogens with zero attached hydrogens (tertiary/aromatic N) is 1. The van der Waals surface area contributed by atoms with Crippen molar-refractivity contribution in [3.8, 4) is 11.1 Å². The van der Waals surface area contributed by atoms with Crippen molar-refractivity contribution in [3.05, 3.63) is 71.8 Å². The van der Waals surface area contributed by atoms with Gasteiger partial charge in [-0.3, -0.25) is 4.79 Å². The SMILES string of the molecule is O=C(NC/C=C/C(=O)N1CCCC1C(=O)O)OCC1c2ccccc2-c2ccccc21. The highest BCUT2D eigenvalue weighted by molar-refractivity contribution is 5.91. The number of hydrogen-bond donors (Lipinski definition) is 2. The minimum Gasteiger partial charge on any atom is -0.480 e. The van der Waals surface area contributed by atoms with Gasteiger partial charge in [-0.15, -0.1) is 0 Å². The largest absolute Gasteiger partial charge is 0.480 e. The molecule has 0 spiro atoms. The van der Waals surface area contributed by atoms with Crippen LogP contribution in [0.5, 0.6) is 0 Å². The number of carbonyl (C=O) groups excluding carboxylic acids is 2. The lowest BCUT2D eigenvalue weighted by atomic mass is 9.98. The smallest absolute Gasteiger partial charge is 0.407 e. The van der Waals surface area contributed by atoms with Gasteiger partial charge in [-0.1, -0.05) is 54.6 Å². The zero-order chi connectivity index (χ0) is 21.8. The number of benzene rings is 2. The highest BCUT2D eigenvalue weighted by Gasteiger charge is 2.32. The predicted octanol–water partition coefficient (Wildman–Crippen LogP) is 3.16. The fourth-order valence-corrected chi connectivity index (χ4v) is 4.33. The summed E-state index contributed by atoms with van der Waals surface area (Å²) in [5.74, 6) is -1.37. The average molecular weight is 420 g/mol. The number of carboxylic acid groups (broad SMARTS) is 1. The van der Waals surface area contributed by atoms with E-state index in [4.69, 9.17) is 9.84 Å². The van der Waals surface area contributed by atoms with Crippen LogP contribution in [0.25, 0.3) is 11.1 Å². The molecule has 1 unspecified atom stereocenters. The molecule has 0 aromatic heterocycles. The normalized spacial score (nSPS) is 17.4. The number of alkyl carbamates (subject to hydrolysis) is 1. The standard InChI is InChI=1S/C24H24N2O5/c27-22(26-14-6-11-21(26)23(28)29)12-5-13-25-24(30)31-15-20-18-9-3-1-7-16(18)17-8-2-4-10-19(17)20/h1-5,7-10,12,20-21H,6,11,13-15H2,(H,25,30)(H,28,29)/b12-5+. The van der Waals surface area contributed by atoms with Crippen LogP contribution >= 0.6 is 0 Å². The first-order valence-electron chi connectivity index (χ1n) is 10.3. The Morgan fingerprint density at radius 1 is 1.06 bits per heavy atom. The zero-order valence-electron chi connectivity index (χ0n) is 17.0. The molecule has 0 bridgehead atoms. The van der Waals surface area contributed by atoms with Crippen LogP contribution < -0.4 is 5.32 Å². The summed E-state index contributed by atoms with van der Waals surface area (Å²) in [5, 5.41) is 11.8. The van der Waals surface area contributed by atoms with Gasteiger partial charge in [-0.2, -0.15) is 0 Å². The summed E-state index contributed by atoms with van der Waals surface area (Å²) in [5.41, 5.74) is 4.60. The van der Waals surface area contributed by atoms with Gasteiger partial charge in [0.1, 0.15) is 12.6 Å². The Bertz CT molecular complexity index is 987. The van der Waals surface area contributed by atoms with Gasteiger partial charge in [0.2, 0.25) is 5.91 Å². The first-order chi connectivity index (χ1) is 15.1. The van der Waals surface area contributed by atoms with Crippen molar-refractivity contribution in [2.24, 2.45) is 0 Å². The van der Waals surface area contributed by atoms with Crippen LogP contribution in [0.3, 0.4) is 0 Å². The average Bonchev–Trinajstić information content (AvgIpc) is 3.39. The molecule has 31 heavy (non-hydrogen) atoms. The Kier molecular flexibility index (Phi) is 6.02. The first kappa shape index (κ1) is 20.7. The maximum absolute atomic E-state index is 12.2. The Labute approximate surface area is 180 Å². The third-order valence-electron chi connectivity index (χ3n) is 5.79. The molecule has 1 aliphatic heterocycles. The van der Waals surface area contributed by atoms with Crippen LogP contribution in [0.2, 0.25) is 0 Å². The van der Waals surface area contributed by atoms with Gasteiger partial charge in [0.15, 0.2) is 0 Å². The van der Waals surface area contributed by atoms with E-state index < -0.39 is 18.1 Å². The van der Waals surface area contributed by atoms with Crippen molar-refractivity contribution in [2.75, 3.05) is 19.7 Å². The van der Waals surface area contributed by atoms with Crippen LogP contribution in [-0.2, 0) is 14.3 Å². The van der Waals surface area contributed by atoms with E-state index >= 15 is 0 Å². The minimum atomic E-state index is -0.990. The molecule has 1 atom stereocenters. The molecule has 1 heterocycles. The van der Waals surface area contributed by atoms with Gasteiger partial charge in [-0.25, -0.2) is 9.59 Å². The van der Waals surface area contributed by atoms with Crippen LogP contribution in [0.15, 0.2) is 60.7 Å². The summed E-state index contributed by atoms with van der Waals surface area (Å²) >= 11 is 0. The monoisotopic (exact) mass is 420 g/mol. The number of nitrogens with one attached hydrogen (secondary N) is 1. The Balaban J connectivity index is 1.28. The highest BCUT2D eigenvalue weighted by Crippen LogP contribution is 2.44. The maximum atomic E-state index is 12.2. The summed E-state index contributed by atoms with van der Waals surface area (Å²) in [4.78, 5) is 36.8. The molecule has 2 amide bonds. The second kappa shape index (κ2) is 9.04. The number of aliphatic carboxylic acids is 1. The number of ether oxygens (including phenoxy) is 1. The molecule has 1 aliphatic carbocycles. The van der Waals surface area contributed by atoms with Gasteiger partial charge >= 0.3 is 12.1 Å². The van der Waals surface area contributed by atoms with Crippen molar-refractivity contribution in [3.63, 3.8) is 0 Å². The summed E-state index contributed by atoms with van der Waals surface area (Å²) in [7, 11) is 0. The van der Waals surface area contributed by atoms with Crippen LogP contribution in [-0.4, -0.2) is 53.7 Å². The van der Waals surface area contributed by atoms with E-state index in [0.717, 1.165) is 22.3 Å². The molecule has 7 nitrogen and oxygen atoms in total. The topological polar surface area (TPSA) is 95.9 Å². The molecular formula is C24H24N2O5. The Morgan fingerprint density at radius 3 is 2.35 bits per heavy atom. The second-order valence-corrected chi connectivity index (χ2v) is 7.64. The van der Waals surface area contributed by atoms with Gasteiger partial charge in [0.05, 0.1) is 0 Å².